The molecule has 2 aromatic carbocycles. The molecular formula is C29H33F3N4. The fourth-order valence-electron chi connectivity index (χ4n) is 3.70. The maximum Gasteiger partial charge on any atom is 0.432 e. The van der Waals surface area contributed by atoms with E-state index in [1.165, 1.54) is 17.3 Å². The predicted molar refractivity (Wildman–Crippen MR) is 142 cm³/mol. The number of nitrogens with zero attached hydrogens (tertiary/aromatic N) is 2. The highest BCUT2D eigenvalue weighted by atomic mass is 19.4. The molecule has 0 unspecified atom stereocenters. The smallest absolute Gasteiger partial charge is 0.397 e. The molecule has 4 nitrogen and oxygen atoms in total. The van der Waals surface area contributed by atoms with Gasteiger partial charge < -0.3 is 10.6 Å². The number of halogens is 3. The summed E-state index contributed by atoms with van der Waals surface area (Å²) in [6, 6.07) is 19.8. The number of aromatic nitrogens is 1. The minimum absolute atomic E-state index is 0.0102. The molecule has 0 atom stereocenters. The lowest BCUT2D eigenvalue weighted by atomic mass is 9.86. The van der Waals surface area contributed by atoms with Crippen molar-refractivity contribution in [3.63, 3.8) is 0 Å². The van der Waals surface area contributed by atoms with E-state index >= 15 is 0 Å². The quantitative estimate of drug-likeness (QED) is 0.353. The second-order valence-electron chi connectivity index (χ2n) is 10.8. The van der Waals surface area contributed by atoms with Crippen LogP contribution in [-0.2, 0) is 10.8 Å². The molecule has 0 aliphatic carbocycles. The number of alkyl halides is 3. The van der Waals surface area contributed by atoms with Crippen molar-refractivity contribution in [3.05, 3.63) is 89.8 Å². The zero-order valence-electron chi connectivity index (χ0n) is 21.5. The molecule has 0 aliphatic heterocycles. The molecule has 0 radical (unpaired) electrons. The lowest BCUT2D eigenvalue weighted by Gasteiger charge is -2.28. The Kier molecular flexibility index (Phi) is 7.35. The van der Waals surface area contributed by atoms with E-state index in [1.807, 2.05) is 29.2 Å². The molecule has 36 heavy (non-hydrogen) atoms. The van der Waals surface area contributed by atoms with Crippen molar-refractivity contribution in [1.82, 2.24) is 4.98 Å². The summed E-state index contributed by atoms with van der Waals surface area (Å²) in [6.45, 7) is 12.9. The van der Waals surface area contributed by atoms with E-state index in [0.29, 0.717) is 11.8 Å². The highest BCUT2D eigenvalue weighted by Gasteiger charge is 2.33. The third-order valence-electron chi connectivity index (χ3n) is 5.89. The molecule has 0 bridgehead atoms. The fourth-order valence-corrected chi connectivity index (χ4v) is 3.70. The Hall–Kier alpha value is -3.61. The Balaban J connectivity index is 2.11. The van der Waals surface area contributed by atoms with Gasteiger partial charge >= 0.3 is 6.18 Å². The van der Waals surface area contributed by atoms with Gasteiger partial charge in [-0.25, -0.2) is 0 Å². The van der Waals surface area contributed by atoms with Crippen LogP contribution in [0.15, 0.2) is 72.9 Å². The van der Waals surface area contributed by atoms with Gasteiger partial charge in [0.1, 0.15) is 5.71 Å². The van der Waals surface area contributed by atoms with Crippen molar-refractivity contribution < 1.29 is 13.2 Å². The van der Waals surface area contributed by atoms with Crippen LogP contribution in [0.2, 0.25) is 0 Å². The van der Waals surface area contributed by atoms with Gasteiger partial charge in [0.05, 0.1) is 11.4 Å². The molecule has 0 fully saturated rings. The Morgan fingerprint density at radius 1 is 0.778 bits per heavy atom. The lowest BCUT2D eigenvalue weighted by Crippen LogP contribution is -2.21. The van der Waals surface area contributed by atoms with Crippen molar-refractivity contribution in [2.24, 2.45) is 5.73 Å². The molecular weight excluding hydrogens is 461 g/mol. The minimum atomic E-state index is -4.78. The van der Waals surface area contributed by atoms with E-state index in [2.05, 4.69) is 70.8 Å². The molecule has 3 rings (SSSR count). The molecule has 3 N–H and O–H groups in total. The van der Waals surface area contributed by atoms with Gasteiger partial charge in [-0.2, -0.15) is 13.2 Å². The van der Waals surface area contributed by atoms with Gasteiger partial charge in [0.15, 0.2) is 0 Å². The maximum atomic E-state index is 12.9. The number of hydrogen-bond donors (Lipinski definition) is 2. The molecule has 0 saturated carbocycles. The minimum Gasteiger partial charge on any atom is -0.397 e. The summed E-state index contributed by atoms with van der Waals surface area (Å²) in [4.78, 5) is 6.16. The van der Waals surface area contributed by atoms with Crippen LogP contribution in [0.4, 0.5) is 30.2 Å². The van der Waals surface area contributed by atoms with Gasteiger partial charge in [0, 0.05) is 23.3 Å². The first-order valence-corrected chi connectivity index (χ1v) is 11.7. The number of hydrogen-bond acceptors (Lipinski definition) is 4. The monoisotopic (exact) mass is 494 g/mol. The third-order valence-corrected chi connectivity index (χ3v) is 5.89. The van der Waals surface area contributed by atoms with Crippen LogP contribution in [0.5, 0.6) is 0 Å². The first kappa shape index (κ1) is 27.0. The molecule has 0 amide bonds. The van der Waals surface area contributed by atoms with Gasteiger partial charge in [0.25, 0.3) is 0 Å². The zero-order valence-corrected chi connectivity index (χ0v) is 21.5. The summed E-state index contributed by atoms with van der Waals surface area (Å²) >= 11 is 0. The molecule has 0 saturated heterocycles. The molecule has 3 aromatic rings. The average Bonchev–Trinajstić information content (AvgIpc) is 2.78. The molecule has 0 spiro atoms. The average molecular weight is 495 g/mol. The first-order chi connectivity index (χ1) is 16.6. The number of nitrogens with one attached hydrogen (secondary N) is 1. The first-order valence-electron chi connectivity index (χ1n) is 11.7. The maximum absolute atomic E-state index is 12.9. The van der Waals surface area contributed by atoms with E-state index in [-0.39, 0.29) is 22.2 Å². The summed E-state index contributed by atoms with van der Waals surface area (Å²) in [6.07, 6.45) is -2.69. The van der Waals surface area contributed by atoms with Gasteiger partial charge in [-0.05, 0) is 64.4 Å². The second kappa shape index (κ2) is 9.80. The van der Waals surface area contributed by atoms with Gasteiger partial charge in [-0.1, -0.05) is 65.8 Å². The van der Waals surface area contributed by atoms with Crippen molar-refractivity contribution >= 4 is 28.5 Å². The van der Waals surface area contributed by atoms with Gasteiger partial charge in [-0.3, -0.25) is 10.4 Å². The predicted octanol–water partition coefficient (Wildman–Crippen LogP) is 8.03. The van der Waals surface area contributed by atoms with E-state index in [0.717, 1.165) is 11.4 Å². The summed E-state index contributed by atoms with van der Waals surface area (Å²) in [5, 5.41) is 7.25. The normalized spacial score (nSPS) is 13.0. The van der Waals surface area contributed by atoms with Crippen LogP contribution in [-0.4, -0.2) is 16.9 Å². The summed E-state index contributed by atoms with van der Waals surface area (Å²) in [5.41, 5.74) is 9.11. The van der Waals surface area contributed by atoms with Crippen molar-refractivity contribution in [2.75, 3.05) is 4.90 Å². The molecule has 1 heterocycles. The second-order valence-corrected chi connectivity index (χ2v) is 10.8. The van der Waals surface area contributed by atoms with Gasteiger partial charge in [-0.15, -0.1) is 0 Å². The highest BCUT2D eigenvalue weighted by Crippen LogP contribution is 2.37. The third kappa shape index (κ3) is 6.33. The number of pyridine rings is 1. The van der Waals surface area contributed by atoms with Crippen molar-refractivity contribution in [3.8, 4) is 0 Å². The zero-order chi connectivity index (χ0) is 26.9. The van der Waals surface area contributed by atoms with E-state index in [1.54, 1.807) is 12.1 Å². The van der Waals surface area contributed by atoms with E-state index < -0.39 is 11.9 Å². The Morgan fingerprint density at radius 3 is 1.61 bits per heavy atom. The van der Waals surface area contributed by atoms with Crippen LogP contribution in [0.1, 0.15) is 58.4 Å². The molecule has 1 aromatic heterocycles. The van der Waals surface area contributed by atoms with E-state index in [9.17, 15) is 13.2 Å². The van der Waals surface area contributed by atoms with Crippen LogP contribution in [0.25, 0.3) is 5.70 Å². The molecule has 190 valence electrons. The SMILES string of the molecule is CC(C)(C)c1ccc(N(c2ccc(C(C)(C)C)cc2)c2ccnc(/C(N)=C/C(=N)C(F)(F)F)c2)cc1. The van der Waals surface area contributed by atoms with Crippen LogP contribution < -0.4 is 10.6 Å². The molecule has 0 aliphatic rings. The number of anilines is 3. The van der Waals surface area contributed by atoms with Crippen LogP contribution in [0, 0.1) is 5.41 Å². The number of benzene rings is 2. The van der Waals surface area contributed by atoms with E-state index in [4.69, 9.17) is 11.1 Å². The highest BCUT2D eigenvalue weighted by molar-refractivity contribution is 6.01. The Labute approximate surface area is 211 Å². The van der Waals surface area contributed by atoms with Crippen molar-refractivity contribution in [2.45, 2.75) is 58.5 Å². The fraction of sp³-hybridized carbons (Fsp3) is 0.310. The Morgan fingerprint density at radius 2 is 1.22 bits per heavy atom. The number of nitrogens with two attached hydrogens (primary N) is 1. The summed E-state index contributed by atoms with van der Waals surface area (Å²) < 4.78 is 38.6. The number of allylic oxidation sites excluding steroid dienone is 1. The van der Waals surface area contributed by atoms with Crippen LogP contribution in [0.3, 0.4) is 0 Å². The van der Waals surface area contributed by atoms with Gasteiger partial charge in [0.2, 0.25) is 0 Å². The van der Waals surface area contributed by atoms with Crippen LogP contribution >= 0.6 is 0 Å². The topological polar surface area (TPSA) is 66.0 Å². The summed E-state index contributed by atoms with van der Waals surface area (Å²) in [7, 11) is 0. The number of rotatable bonds is 5. The summed E-state index contributed by atoms with van der Waals surface area (Å²) in [5.74, 6) is 0. The molecule has 7 heteroatoms. The Bertz CT molecular complexity index is 1190. The lowest BCUT2D eigenvalue weighted by molar-refractivity contribution is -0.0583. The largest absolute Gasteiger partial charge is 0.432 e. The van der Waals surface area contributed by atoms with Crippen molar-refractivity contribution in [1.29, 1.82) is 5.41 Å². The standard InChI is InChI=1S/C29H33F3N4/c1-27(2,3)19-7-11-21(12-8-19)36(22-13-9-20(10-14-22)28(4,5)6)23-15-16-35-25(17-23)24(33)18-26(34)29(30,31)32/h7-18,34H,33H2,1-6H3/b24-18-,34-26?.